The van der Waals surface area contributed by atoms with E-state index in [1.54, 1.807) is 30.5 Å². The molecule has 0 saturated heterocycles. The van der Waals surface area contributed by atoms with Gasteiger partial charge in [0.05, 0.1) is 15.8 Å². The maximum Gasteiger partial charge on any atom is 1.00 e. The quantitative estimate of drug-likeness (QED) is 0.236. The molecule has 12 nitrogen and oxygen atoms in total. The van der Waals surface area contributed by atoms with Gasteiger partial charge in [0, 0.05) is 11.8 Å². The number of halogens is 1. The molecule has 0 radical (unpaired) electrons. The summed E-state index contributed by atoms with van der Waals surface area (Å²) in [5, 5.41) is 14.6. The molecule has 0 atom stereocenters. The van der Waals surface area contributed by atoms with E-state index in [4.69, 9.17) is 16.0 Å². The summed E-state index contributed by atoms with van der Waals surface area (Å²) in [7, 11) is 0. The van der Waals surface area contributed by atoms with Crippen LogP contribution >= 0.6 is 11.6 Å². The number of fused-ring (bicyclic) bond motifs is 2. The van der Waals surface area contributed by atoms with E-state index in [0.29, 0.717) is 27.7 Å². The van der Waals surface area contributed by atoms with E-state index in [1.165, 1.54) is 0 Å². The first kappa shape index (κ1) is 29.8. The fraction of sp³-hybridized carbons (Fsp3) is 0. The van der Waals surface area contributed by atoms with Gasteiger partial charge in [0.2, 0.25) is 17.0 Å². The molecule has 0 aliphatic heterocycles. The van der Waals surface area contributed by atoms with Crippen molar-refractivity contribution in [1.82, 2.24) is 25.6 Å². The Labute approximate surface area is 178 Å². The first-order valence-corrected chi connectivity index (χ1v) is 6.37. The second-order valence-corrected chi connectivity index (χ2v) is 4.76. The molecule has 4 aromatic rings. The fourth-order valence-corrected chi connectivity index (χ4v) is 2.42. The summed E-state index contributed by atoms with van der Waals surface area (Å²) in [4.78, 5) is 16.6. The fourth-order valence-electron chi connectivity index (χ4n) is 2.17. The second kappa shape index (κ2) is 11.7. The molecule has 0 saturated carbocycles. The van der Waals surface area contributed by atoms with Crippen LogP contribution in [-0.4, -0.2) is 53.0 Å². The number of hydrogen-bond donors (Lipinski definition) is 1. The van der Waals surface area contributed by atoms with E-state index in [9.17, 15) is 4.79 Å². The molecular weight excluding hydrogens is 397 g/mol. The van der Waals surface area contributed by atoms with Gasteiger partial charge < -0.3 is 33.2 Å². The van der Waals surface area contributed by atoms with E-state index in [0.717, 1.165) is 0 Å². The normalized spacial score (nSPS) is 8.78. The first-order valence-electron chi connectivity index (χ1n) is 5.99. The zero-order valence-electron chi connectivity index (χ0n) is 14.9. The predicted molar refractivity (Wildman–Crippen MR) is 95.1 cm³/mol. The largest absolute Gasteiger partial charge is 1.00 e. The molecule has 27 heavy (non-hydrogen) atoms. The van der Waals surface area contributed by atoms with Gasteiger partial charge in [-0.05, 0) is 29.5 Å². The number of tetrazole rings is 1. The third-order valence-corrected chi connectivity index (χ3v) is 3.39. The molecule has 3 aromatic heterocycles. The number of nitrogens with one attached hydrogen (secondary N) is 1. The Bertz CT molecular complexity index is 1050. The third-order valence-electron chi connectivity index (χ3n) is 3.11. The summed E-state index contributed by atoms with van der Waals surface area (Å²) in [5.41, 5.74) is 0.924. The molecular formula is C13H17ClN5NaO7. The maximum absolute atomic E-state index is 12.5. The van der Waals surface area contributed by atoms with Gasteiger partial charge in [-0.1, -0.05) is 11.6 Å². The van der Waals surface area contributed by atoms with Crippen LogP contribution in [0.1, 0.15) is 1.43 Å². The number of aromatic nitrogens is 5. The molecule has 0 aliphatic carbocycles. The van der Waals surface area contributed by atoms with Crippen LogP contribution in [0.2, 0.25) is 5.02 Å². The number of pyridine rings is 1. The Hall–Kier alpha value is -2.00. The van der Waals surface area contributed by atoms with Crippen molar-refractivity contribution < 1.29 is 62.8 Å². The molecule has 0 bridgehead atoms. The van der Waals surface area contributed by atoms with Gasteiger partial charge in [-0.3, -0.25) is 4.79 Å². The van der Waals surface area contributed by atoms with E-state index in [2.05, 4.69) is 25.6 Å². The molecule has 0 aliphatic rings. The first-order chi connectivity index (χ1) is 10.2. The summed E-state index contributed by atoms with van der Waals surface area (Å²) in [6.45, 7) is 0. The molecule has 0 unspecified atom stereocenters. The van der Waals surface area contributed by atoms with Crippen LogP contribution in [0.5, 0.6) is 0 Å². The van der Waals surface area contributed by atoms with Crippen LogP contribution in [0.25, 0.3) is 33.5 Å². The Kier molecular flexibility index (Phi) is 12.8. The molecule has 144 valence electrons. The SMILES string of the molecule is O.O.O.O.O.O=c1c2cccnc2oc2c(Cl)cc(-c3nn[nH]n3)cc12.[H-].[Na+]. The van der Waals surface area contributed by atoms with Crippen molar-refractivity contribution in [1.29, 1.82) is 0 Å². The molecule has 11 N–H and O–H groups in total. The molecule has 1 aromatic carbocycles. The van der Waals surface area contributed by atoms with Crippen LogP contribution in [0.4, 0.5) is 0 Å². The number of nitrogens with zero attached hydrogens (tertiary/aromatic N) is 4. The van der Waals surface area contributed by atoms with Crippen LogP contribution in [0.15, 0.2) is 39.7 Å². The van der Waals surface area contributed by atoms with Crippen molar-refractivity contribution in [2.24, 2.45) is 0 Å². The molecule has 4 rings (SSSR count). The Morgan fingerprint density at radius 3 is 2.41 bits per heavy atom. The van der Waals surface area contributed by atoms with Gasteiger partial charge in [0.25, 0.3) is 0 Å². The number of hydrogen-bond acceptors (Lipinski definition) is 6. The van der Waals surface area contributed by atoms with Gasteiger partial charge >= 0.3 is 29.6 Å². The Morgan fingerprint density at radius 1 is 1.07 bits per heavy atom. The minimum Gasteiger partial charge on any atom is -1.00 e. The number of rotatable bonds is 1. The predicted octanol–water partition coefficient (Wildman–Crippen LogP) is -4.83. The summed E-state index contributed by atoms with van der Waals surface area (Å²) in [6, 6.07) is 6.58. The van der Waals surface area contributed by atoms with Gasteiger partial charge in [0.1, 0.15) is 0 Å². The Morgan fingerprint density at radius 2 is 1.78 bits per heavy atom. The summed E-state index contributed by atoms with van der Waals surface area (Å²) < 4.78 is 5.62. The molecule has 0 fully saturated rings. The molecule has 0 spiro atoms. The Balaban J connectivity index is -0.000000411. The smallest absolute Gasteiger partial charge is 1.00 e. The van der Waals surface area contributed by atoms with Crippen molar-refractivity contribution >= 4 is 33.7 Å². The minimum atomic E-state index is -0.202. The van der Waals surface area contributed by atoms with Crippen molar-refractivity contribution in [2.45, 2.75) is 0 Å². The average molecular weight is 414 g/mol. The van der Waals surface area contributed by atoms with Crippen molar-refractivity contribution in [3.63, 3.8) is 0 Å². The van der Waals surface area contributed by atoms with E-state index in [-0.39, 0.29) is 74.5 Å². The summed E-state index contributed by atoms with van der Waals surface area (Å²) in [5.74, 6) is 0.351. The molecule has 3 heterocycles. The topological polar surface area (TPSA) is 255 Å². The zero-order valence-corrected chi connectivity index (χ0v) is 16.6. The standard InChI is InChI=1S/C13H6ClN5O2.Na.5H2O.H/c14-9-5-6(12-16-18-19-17-12)4-8-10(20)7-2-1-3-15-13(7)21-11(8)9;;;;;;;/h1-5H,(H,16,17,18,19);;5*1H2;/q;+1;;;;;;-1. The van der Waals surface area contributed by atoms with Gasteiger partial charge in [-0.25, -0.2) is 4.98 Å². The summed E-state index contributed by atoms with van der Waals surface area (Å²) >= 11 is 6.20. The minimum absolute atomic E-state index is 0. The number of H-pyrrole nitrogens is 1. The average Bonchev–Trinajstić information content (AvgIpc) is 3.03. The summed E-state index contributed by atoms with van der Waals surface area (Å²) in [6.07, 6.45) is 1.55. The number of benzene rings is 1. The van der Waals surface area contributed by atoms with E-state index in [1.807, 2.05) is 0 Å². The van der Waals surface area contributed by atoms with Crippen molar-refractivity contribution in [3.05, 3.63) is 45.7 Å². The second-order valence-electron chi connectivity index (χ2n) is 4.36. The van der Waals surface area contributed by atoms with Crippen LogP contribution in [0.3, 0.4) is 0 Å². The van der Waals surface area contributed by atoms with Gasteiger partial charge in [0.15, 0.2) is 5.58 Å². The van der Waals surface area contributed by atoms with Gasteiger partial charge in [-0.15, -0.1) is 10.2 Å². The van der Waals surface area contributed by atoms with Crippen molar-refractivity contribution in [2.75, 3.05) is 0 Å². The zero-order chi connectivity index (χ0) is 14.4. The monoisotopic (exact) mass is 413 g/mol. The third kappa shape index (κ3) is 5.04. The molecule has 0 amide bonds. The molecule has 14 heteroatoms. The van der Waals surface area contributed by atoms with Crippen LogP contribution in [0, 0.1) is 0 Å². The van der Waals surface area contributed by atoms with Gasteiger partial charge in [-0.2, -0.15) is 5.21 Å². The van der Waals surface area contributed by atoms with E-state index < -0.39 is 0 Å². The van der Waals surface area contributed by atoms with Crippen LogP contribution in [-0.2, 0) is 0 Å². The maximum atomic E-state index is 12.5. The van der Waals surface area contributed by atoms with Crippen molar-refractivity contribution in [3.8, 4) is 11.4 Å². The number of aromatic amines is 1. The van der Waals surface area contributed by atoms with E-state index >= 15 is 0 Å². The van der Waals surface area contributed by atoms with Crippen LogP contribution < -0.4 is 35.0 Å².